The molecule has 6 nitrogen and oxygen atoms in total. The number of sulfonamides is 1. The zero-order chi connectivity index (χ0) is 14.6. The smallest absolute Gasteiger partial charge is 0.339 e. The number of benzene rings is 1. The van der Waals surface area contributed by atoms with E-state index in [1.54, 1.807) is 6.92 Å². The topological polar surface area (TPSA) is 104 Å². The molecule has 3 N–H and O–H groups in total. The van der Waals surface area contributed by atoms with Crippen LogP contribution in [0.15, 0.2) is 23.1 Å². The maximum atomic E-state index is 11.9. The summed E-state index contributed by atoms with van der Waals surface area (Å²) in [5.74, 6) is 0.411. The monoisotopic (exact) mass is 283 g/mol. The highest BCUT2D eigenvalue weighted by Gasteiger charge is 2.20. The van der Waals surface area contributed by atoms with E-state index in [1.165, 1.54) is 0 Å². The Hall–Kier alpha value is -2.04. The summed E-state index contributed by atoms with van der Waals surface area (Å²) >= 11 is 0. The Morgan fingerprint density at radius 3 is 2.68 bits per heavy atom. The lowest BCUT2D eigenvalue weighted by molar-refractivity contribution is 0.0693. The maximum absolute atomic E-state index is 11.9. The Kier molecular flexibility index (Phi) is 4.53. The first-order valence-corrected chi connectivity index (χ1v) is 6.78. The highest BCUT2D eigenvalue weighted by molar-refractivity contribution is 7.89. The molecule has 0 saturated heterocycles. The van der Waals surface area contributed by atoms with Gasteiger partial charge in [0, 0.05) is 12.5 Å². The minimum Gasteiger partial charge on any atom is -0.507 e. The van der Waals surface area contributed by atoms with Gasteiger partial charge in [-0.3, -0.25) is 0 Å². The van der Waals surface area contributed by atoms with Gasteiger partial charge in [0.25, 0.3) is 0 Å². The first kappa shape index (κ1) is 15.0. The Morgan fingerprint density at radius 2 is 2.16 bits per heavy atom. The molecule has 0 aliphatic heterocycles. The van der Waals surface area contributed by atoms with Gasteiger partial charge in [-0.1, -0.05) is 0 Å². The Bertz CT molecular complexity index is 630. The van der Waals surface area contributed by atoms with Crippen molar-refractivity contribution in [2.75, 3.05) is 0 Å². The van der Waals surface area contributed by atoms with E-state index >= 15 is 0 Å². The van der Waals surface area contributed by atoms with Crippen molar-refractivity contribution in [2.24, 2.45) is 0 Å². The van der Waals surface area contributed by atoms with Crippen LogP contribution in [-0.4, -0.2) is 30.6 Å². The number of terminal acetylenes is 1. The number of carboxylic acid groups (broad SMARTS) is 1. The van der Waals surface area contributed by atoms with Crippen LogP contribution in [-0.2, 0) is 10.0 Å². The average molecular weight is 283 g/mol. The normalized spacial score (nSPS) is 12.6. The largest absolute Gasteiger partial charge is 0.507 e. The summed E-state index contributed by atoms with van der Waals surface area (Å²) in [5, 5.41) is 18.1. The van der Waals surface area contributed by atoms with Gasteiger partial charge in [0.2, 0.25) is 10.0 Å². The predicted molar refractivity (Wildman–Crippen MR) is 68.3 cm³/mol. The van der Waals surface area contributed by atoms with Gasteiger partial charge in [-0.2, -0.15) is 0 Å². The van der Waals surface area contributed by atoms with Gasteiger partial charge < -0.3 is 10.2 Å². The summed E-state index contributed by atoms with van der Waals surface area (Å²) in [6, 6.07) is 2.55. The standard InChI is InChI=1S/C12H13NO5S/c1-3-4-8(2)13-19(17,18)9-5-6-11(14)10(7-9)12(15)16/h1,5-8,13-14H,4H2,2H3,(H,15,16). The molecule has 1 atom stereocenters. The number of aromatic hydroxyl groups is 1. The van der Waals surface area contributed by atoms with Crippen molar-refractivity contribution in [3.63, 3.8) is 0 Å². The van der Waals surface area contributed by atoms with Crippen LogP contribution in [0.1, 0.15) is 23.7 Å². The molecule has 0 radical (unpaired) electrons. The molecule has 0 heterocycles. The van der Waals surface area contributed by atoms with Crippen molar-refractivity contribution in [3.05, 3.63) is 23.8 Å². The molecule has 0 spiro atoms. The zero-order valence-corrected chi connectivity index (χ0v) is 10.9. The van der Waals surface area contributed by atoms with Gasteiger partial charge >= 0.3 is 5.97 Å². The summed E-state index contributed by atoms with van der Waals surface area (Å²) in [6.07, 6.45) is 5.29. The van der Waals surface area contributed by atoms with E-state index in [9.17, 15) is 18.3 Å². The van der Waals surface area contributed by atoms with Crippen LogP contribution in [0, 0.1) is 12.3 Å². The van der Waals surface area contributed by atoms with Gasteiger partial charge in [-0.25, -0.2) is 17.9 Å². The number of phenols is 1. The number of nitrogens with one attached hydrogen (secondary N) is 1. The van der Waals surface area contributed by atoms with Crippen molar-refractivity contribution in [1.29, 1.82) is 0 Å². The second-order valence-corrected chi connectivity index (χ2v) is 5.63. The fourth-order valence-corrected chi connectivity index (χ4v) is 2.67. The third-order valence-electron chi connectivity index (χ3n) is 2.29. The molecular weight excluding hydrogens is 270 g/mol. The zero-order valence-electron chi connectivity index (χ0n) is 10.1. The van der Waals surface area contributed by atoms with E-state index in [1.807, 2.05) is 0 Å². The summed E-state index contributed by atoms with van der Waals surface area (Å²) in [5.41, 5.74) is -0.479. The minimum atomic E-state index is -3.87. The number of hydrogen-bond donors (Lipinski definition) is 3. The molecule has 0 bridgehead atoms. The van der Waals surface area contributed by atoms with Crippen LogP contribution in [0.25, 0.3) is 0 Å². The second kappa shape index (κ2) is 5.73. The van der Waals surface area contributed by atoms with Crippen molar-refractivity contribution in [2.45, 2.75) is 24.3 Å². The van der Waals surface area contributed by atoms with Crippen molar-refractivity contribution >= 4 is 16.0 Å². The lowest BCUT2D eigenvalue weighted by atomic mass is 10.2. The van der Waals surface area contributed by atoms with E-state index < -0.39 is 33.3 Å². The van der Waals surface area contributed by atoms with E-state index in [2.05, 4.69) is 10.6 Å². The van der Waals surface area contributed by atoms with Gasteiger partial charge in [0.1, 0.15) is 11.3 Å². The molecule has 1 aromatic rings. The molecule has 0 aliphatic carbocycles. The third kappa shape index (κ3) is 3.71. The number of carbonyl (C=O) groups is 1. The molecule has 0 saturated carbocycles. The molecule has 0 amide bonds. The Labute approximate surface area is 111 Å². The van der Waals surface area contributed by atoms with E-state index in [-0.39, 0.29) is 11.3 Å². The summed E-state index contributed by atoms with van der Waals surface area (Å²) in [6.45, 7) is 1.59. The first-order chi connectivity index (χ1) is 8.77. The average Bonchev–Trinajstić information content (AvgIpc) is 2.28. The number of rotatable bonds is 5. The van der Waals surface area contributed by atoms with Crippen LogP contribution < -0.4 is 4.72 Å². The minimum absolute atomic E-state index is 0.211. The van der Waals surface area contributed by atoms with Gasteiger partial charge in [-0.05, 0) is 25.1 Å². The fourth-order valence-electron chi connectivity index (χ4n) is 1.40. The van der Waals surface area contributed by atoms with E-state index in [0.29, 0.717) is 0 Å². The highest BCUT2D eigenvalue weighted by Crippen LogP contribution is 2.21. The van der Waals surface area contributed by atoms with Crippen LogP contribution in [0.4, 0.5) is 0 Å². The molecular formula is C12H13NO5S. The third-order valence-corrected chi connectivity index (χ3v) is 3.88. The summed E-state index contributed by atoms with van der Waals surface area (Å²) in [7, 11) is -3.87. The van der Waals surface area contributed by atoms with Crippen LogP contribution in [0.2, 0.25) is 0 Å². The molecule has 1 unspecified atom stereocenters. The van der Waals surface area contributed by atoms with E-state index in [0.717, 1.165) is 18.2 Å². The Balaban J connectivity index is 3.13. The maximum Gasteiger partial charge on any atom is 0.339 e. The lowest BCUT2D eigenvalue weighted by Crippen LogP contribution is -2.32. The summed E-state index contributed by atoms with van der Waals surface area (Å²) in [4.78, 5) is 10.6. The van der Waals surface area contributed by atoms with E-state index in [4.69, 9.17) is 11.5 Å². The molecule has 19 heavy (non-hydrogen) atoms. The molecule has 1 rings (SSSR count). The van der Waals surface area contributed by atoms with Crippen LogP contribution in [0.5, 0.6) is 5.75 Å². The molecule has 0 fully saturated rings. The predicted octanol–water partition coefficient (Wildman–Crippen LogP) is 0.781. The second-order valence-electron chi connectivity index (χ2n) is 3.91. The molecule has 0 aromatic heterocycles. The van der Waals surface area contributed by atoms with Gasteiger partial charge in [0.05, 0.1) is 4.90 Å². The fraction of sp³-hybridized carbons (Fsp3) is 0.250. The van der Waals surface area contributed by atoms with Crippen LogP contribution in [0.3, 0.4) is 0 Å². The van der Waals surface area contributed by atoms with Crippen molar-refractivity contribution in [1.82, 2.24) is 4.72 Å². The molecule has 1 aromatic carbocycles. The van der Waals surface area contributed by atoms with Crippen molar-refractivity contribution < 1.29 is 23.4 Å². The SMILES string of the molecule is C#CCC(C)NS(=O)(=O)c1ccc(O)c(C(=O)O)c1. The lowest BCUT2D eigenvalue weighted by Gasteiger charge is -2.12. The molecule has 102 valence electrons. The highest BCUT2D eigenvalue weighted by atomic mass is 32.2. The van der Waals surface area contributed by atoms with Crippen molar-refractivity contribution in [3.8, 4) is 18.1 Å². The number of hydrogen-bond acceptors (Lipinski definition) is 4. The molecule has 7 heteroatoms. The summed E-state index contributed by atoms with van der Waals surface area (Å²) < 4.78 is 26.2. The van der Waals surface area contributed by atoms with Crippen LogP contribution >= 0.6 is 0 Å². The Morgan fingerprint density at radius 1 is 1.53 bits per heavy atom. The number of carboxylic acids is 1. The van der Waals surface area contributed by atoms with Gasteiger partial charge in [-0.15, -0.1) is 12.3 Å². The molecule has 0 aliphatic rings. The quantitative estimate of drug-likeness (QED) is 0.693. The number of aromatic carboxylic acids is 1. The first-order valence-electron chi connectivity index (χ1n) is 5.30. The van der Waals surface area contributed by atoms with Gasteiger partial charge in [0.15, 0.2) is 0 Å².